The molecule has 0 radical (unpaired) electrons. The van der Waals surface area contributed by atoms with Gasteiger partial charge >= 0.3 is 0 Å². The zero-order valence-corrected chi connectivity index (χ0v) is 37.1. The molecule has 0 saturated carbocycles. The normalized spacial score (nSPS) is 18.6. The number of aromatic nitrogens is 4. The summed E-state index contributed by atoms with van der Waals surface area (Å²) in [7, 11) is 0. The average molecular weight is 867 g/mol. The van der Waals surface area contributed by atoms with Crippen molar-refractivity contribution < 1.29 is 14.3 Å². The number of benzene rings is 2. The molecule has 6 aromatic rings. The molecule has 2 aromatic carbocycles. The van der Waals surface area contributed by atoms with E-state index in [1.165, 1.54) is 5.56 Å². The summed E-state index contributed by atoms with van der Waals surface area (Å²) in [6, 6.07) is 18.9. The second kappa shape index (κ2) is 17.5. The van der Waals surface area contributed by atoms with Crippen molar-refractivity contribution >= 4 is 78.0 Å². The lowest BCUT2D eigenvalue weighted by atomic mass is 9.65. The van der Waals surface area contributed by atoms with E-state index in [0.717, 1.165) is 119 Å². The minimum atomic E-state index is -0.796. The van der Waals surface area contributed by atoms with Gasteiger partial charge in [0.25, 0.3) is 0 Å². The number of hydrogen-bond acceptors (Lipinski definition) is 14. The van der Waals surface area contributed by atoms with E-state index < -0.39 is 11.0 Å². The molecule has 1 amide bonds. The highest BCUT2D eigenvalue weighted by molar-refractivity contribution is 7.17. The largest absolute Gasteiger partial charge is 0.379 e. The topological polar surface area (TPSA) is 145 Å². The SMILES string of the molecule is CC1=CC=C(N(C(=O)CC#N)C(C)(C)C)CC1(c1csc2cnc(Nc3ccc(CN4CCOCC4)cc3)nc12)c1csc2cnc(Nc3ccc(N4CCOCC4)cc3)nc12. The van der Waals surface area contributed by atoms with Crippen LogP contribution in [0.2, 0.25) is 0 Å². The van der Waals surface area contributed by atoms with E-state index in [2.05, 4.69) is 98.8 Å². The Morgan fingerprint density at radius 3 is 1.92 bits per heavy atom. The Bertz CT molecular complexity index is 2690. The van der Waals surface area contributed by atoms with Gasteiger partial charge in [0.1, 0.15) is 6.42 Å². The molecule has 1 aliphatic carbocycles. The quantitative estimate of drug-likeness (QED) is 0.128. The van der Waals surface area contributed by atoms with E-state index >= 15 is 0 Å². The standard InChI is InChI=1S/C47H50N10O3S2/c1-31-5-12-36(57(46(2,3)4)41(58)15-16-48)25-47(31,38-30-62-40-27-50-45(54-43(38)40)52-34-10-13-35(14-11-34)56-19-23-60-24-20-56)37-29-61-39-26-49-44(53-42(37)39)51-33-8-6-32(7-9-33)28-55-17-21-59-22-18-55/h5-14,26-27,29-30H,15,17-25,28H2,1-4H3,(H,49,51,53)(H,50,52,54). The molecule has 15 heteroatoms. The number of anilines is 5. The maximum atomic E-state index is 13.8. The Hall–Kier alpha value is -5.76. The molecule has 2 aliphatic heterocycles. The lowest BCUT2D eigenvalue weighted by Gasteiger charge is -2.44. The molecule has 3 aliphatic rings. The van der Waals surface area contributed by atoms with Gasteiger partial charge < -0.3 is 29.9 Å². The van der Waals surface area contributed by atoms with Crippen molar-refractivity contribution in [2.45, 2.75) is 58.0 Å². The van der Waals surface area contributed by atoms with Gasteiger partial charge in [-0.1, -0.05) is 23.8 Å². The van der Waals surface area contributed by atoms with Crippen LogP contribution in [0.15, 0.2) is 95.1 Å². The lowest BCUT2D eigenvalue weighted by molar-refractivity contribution is -0.132. The third-order valence-electron chi connectivity index (χ3n) is 11.9. The number of thiophene rings is 2. The number of carbonyl (C=O) groups excluding carboxylic acids is 1. The van der Waals surface area contributed by atoms with Gasteiger partial charge in [-0.15, -0.1) is 22.7 Å². The van der Waals surface area contributed by atoms with Gasteiger partial charge in [0.2, 0.25) is 17.8 Å². The van der Waals surface area contributed by atoms with Crippen LogP contribution in [0.5, 0.6) is 0 Å². The minimum Gasteiger partial charge on any atom is -0.379 e. The predicted molar refractivity (Wildman–Crippen MR) is 247 cm³/mol. The second-order valence-corrected chi connectivity index (χ2v) is 18.7. The Morgan fingerprint density at radius 1 is 0.823 bits per heavy atom. The molecule has 0 spiro atoms. The van der Waals surface area contributed by atoms with Gasteiger partial charge in [0.05, 0.1) is 70.7 Å². The molecule has 2 saturated heterocycles. The first-order chi connectivity index (χ1) is 30.1. The highest BCUT2D eigenvalue weighted by Gasteiger charge is 2.45. The Balaban J connectivity index is 1.10. The summed E-state index contributed by atoms with van der Waals surface area (Å²) < 4.78 is 13.0. The summed E-state index contributed by atoms with van der Waals surface area (Å²) in [5.41, 5.74) is 8.32. The molecular weight excluding hydrogens is 817 g/mol. The van der Waals surface area contributed by atoms with Crippen LogP contribution < -0.4 is 15.5 Å². The van der Waals surface area contributed by atoms with Crippen molar-refractivity contribution in [3.8, 4) is 6.07 Å². The second-order valence-electron chi connectivity index (χ2n) is 16.9. The van der Waals surface area contributed by atoms with Crippen LogP contribution in [-0.4, -0.2) is 93.8 Å². The van der Waals surface area contributed by atoms with Crippen LogP contribution in [0.1, 0.15) is 57.2 Å². The van der Waals surface area contributed by atoms with Crippen LogP contribution in [0.4, 0.5) is 29.0 Å². The number of carbonyl (C=O) groups is 1. The van der Waals surface area contributed by atoms with Gasteiger partial charge in [-0.25, -0.2) is 19.9 Å². The number of allylic oxidation sites excluding steroid dienone is 4. The van der Waals surface area contributed by atoms with Crippen LogP contribution in [0, 0.1) is 11.3 Å². The lowest BCUT2D eigenvalue weighted by Crippen LogP contribution is -2.47. The van der Waals surface area contributed by atoms with Gasteiger partial charge in [0, 0.05) is 78.6 Å². The summed E-state index contributed by atoms with van der Waals surface area (Å²) in [5.74, 6) is 0.738. The molecular formula is C47H50N10O3S2. The summed E-state index contributed by atoms with van der Waals surface area (Å²) >= 11 is 3.20. The minimum absolute atomic E-state index is 0.223. The van der Waals surface area contributed by atoms with Crippen molar-refractivity contribution in [3.05, 3.63) is 112 Å². The molecule has 62 heavy (non-hydrogen) atoms. The maximum Gasteiger partial charge on any atom is 0.241 e. The number of fused-ring (bicyclic) bond motifs is 2. The van der Waals surface area contributed by atoms with Gasteiger partial charge in [0.15, 0.2) is 0 Å². The number of nitrogens with zero attached hydrogens (tertiary/aromatic N) is 8. The summed E-state index contributed by atoms with van der Waals surface area (Å²) in [4.78, 5) is 40.3. The molecule has 0 bridgehead atoms. The zero-order valence-electron chi connectivity index (χ0n) is 35.5. The highest BCUT2D eigenvalue weighted by Crippen LogP contribution is 2.53. The van der Waals surface area contributed by atoms with Gasteiger partial charge in [-0.05, 0) is 86.5 Å². The van der Waals surface area contributed by atoms with Crippen LogP contribution in [0.3, 0.4) is 0 Å². The smallest absolute Gasteiger partial charge is 0.241 e. The van der Waals surface area contributed by atoms with Crippen molar-refractivity contribution in [1.29, 1.82) is 5.26 Å². The zero-order chi connectivity index (χ0) is 42.8. The third-order valence-corrected chi connectivity index (χ3v) is 13.7. The monoisotopic (exact) mass is 866 g/mol. The van der Waals surface area contributed by atoms with Gasteiger partial charge in [-0.2, -0.15) is 5.26 Å². The predicted octanol–water partition coefficient (Wildman–Crippen LogP) is 8.91. The molecule has 9 rings (SSSR count). The summed E-state index contributed by atoms with van der Waals surface area (Å²) in [6.45, 7) is 15.7. The highest BCUT2D eigenvalue weighted by atomic mass is 32.1. The Kier molecular flexibility index (Phi) is 11.8. The van der Waals surface area contributed by atoms with Crippen LogP contribution in [0.25, 0.3) is 20.4 Å². The number of rotatable bonds is 11. The Morgan fingerprint density at radius 2 is 1.37 bits per heavy atom. The fourth-order valence-electron chi connectivity index (χ4n) is 8.79. The summed E-state index contributed by atoms with van der Waals surface area (Å²) in [6.07, 6.45) is 8.13. The number of amides is 1. The van der Waals surface area contributed by atoms with E-state index in [4.69, 9.17) is 29.4 Å². The fraction of sp³-hybridized carbons (Fsp3) is 0.362. The first-order valence-electron chi connectivity index (χ1n) is 21.0. The van der Waals surface area contributed by atoms with Crippen molar-refractivity contribution in [3.63, 3.8) is 0 Å². The van der Waals surface area contributed by atoms with E-state index in [1.54, 1.807) is 27.6 Å². The molecule has 13 nitrogen and oxygen atoms in total. The van der Waals surface area contributed by atoms with E-state index in [9.17, 15) is 10.1 Å². The van der Waals surface area contributed by atoms with Crippen molar-refractivity contribution in [2.75, 3.05) is 68.1 Å². The van der Waals surface area contributed by atoms with Gasteiger partial charge in [-0.3, -0.25) is 9.69 Å². The van der Waals surface area contributed by atoms with Crippen LogP contribution in [-0.2, 0) is 26.2 Å². The van der Waals surface area contributed by atoms with E-state index in [-0.39, 0.29) is 12.3 Å². The molecule has 2 N–H and O–H groups in total. The number of hydrogen-bond donors (Lipinski definition) is 2. The molecule has 6 heterocycles. The number of nitriles is 1. The molecule has 2 fully saturated rings. The molecule has 318 valence electrons. The first-order valence-corrected chi connectivity index (χ1v) is 22.8. The van der Waals surface area contributed by atoms with Crippen LogP contribution >= 0.6 is 22.7 Å². The van der Waals surface area contributed by atoms with E-state index in [0.29, 0.717) is 18.3 Å². The van der Waals surface area contributed by atoms with Crippen molar-refractivity contribution in [2.24, 2.45) is 0 Å². The summed E-state index contributed by atoms with van der Waals surface area (Å²) in [5, 5.41) is 21.0. The number of nitrogens with one attached hydrogen (secondary N) is 2. The fourth-order valence-corrected chi connectivity index (χ4v) is 10.7. The molecule has 1 unspecified atom stereocenters. The maximum absolute atomic E-state index is 13.8. The molecule has 4 aromatic heterocycles. The first kappa shape index (κ1) is 41.6. The number of ether oxygens (including phenoxy) is 2. The van der Waals surface area contributed by atoms with E-state index in [1.807, 2.05) is 39.2 Å². The molecule has 1 atom stereocenters. The average Bonchev–Trinajstić information content (AvgIpc) is 3.90. The Labute approximate surface area is 369 Å². The van der Waals surface area contributed by atoms with Crippen molar-refractivity contribution in [1.82, 2.24) is 29.7 Å². The number of morpholine rings is 2. The third kappa shape index (κ3) is 8.41.